The maximum absolute atomic E-state index is 14.1. The third kappa shape index (κ3) is 8.74. The lowest BCUT2D eigenvalue weighted by molar-refractivity contribution is -0.323. The summed E-state index contributed by atoms with van der Waals surface area (Å²) in [5.41, 5.74) is 0.841. The van der Waals surface area contributed by atoms with E-state index in [4.69, 9.17) is 19.3 Å². The summed E-state index contributed by atoms with van der Waals surface area (Å²) in [6.45, 7) is 3.05. The highest BCUT2D eigenvalue weighted by Gasteiger charge is 2.80. The zero-order chi connectivity index (χ0) is 49.1. The minimum atomic E-state index is -1.37. The monoisotopic (exact) mass is 1010 g/mol. The van der Waals surface area contributed by atoms with E-state index in [1.54, 1.807) is 42.5 Å². The van der Waals surface area contributed by atoms with Crippen LogP contribution in [0.1, 0.15) is 82.8 Å². The number of hydrogen-bond donors (Lipinski definition) is 7. The van der Waals surface area contributed by atoms with Gasteiger partial charge in [-0.05, 0) is 123 Å². The zero-order valence-electron chi connectivity index (χ0n) is 38.6. The Bertz CT molecular complexity index is 2490. The molecule has 7 aliphatic carbocycles. The number of ketones is 2. The Labute approximate surface area is 407 Å². The summed E-state index contributed by atoms with van der Waals surface area (Å²) >= 11 is 2.98. The molecule has 0 radical (unpaired) electrons. The molecule has 1 saturated heterocycles. The van der Waals surface area contributed by atoms with E-state index in [0.717, 1.165) is 49.7 Å². The van der Waals surface area contributed by atoms with Crippen LogP contribution in [0.3, 0.4) is 0 Å². The number of aliphatic hydroxyl groups excluding tert-OH is 2. The van der Waals surface area contributed by atoms with Crippen LogP contribution in [-0.2, 0) is 56.0 Å². The lowest BCUT2D eigenvalue weighted by Gasteiger charge is -2.72. The summed E-state index contributed by atoms with van der Waals surface area (Å²) in [4.78, 5) is 87.2. The van der Waals surface area contributed by atoms with Gasteiger partial charge < -0.3 is 45.5 Å². The van der Waals surface area contributed by atoms with Crippen LogP contribution < -0.4 is 21.3 Å². The highest BCUT2D eigenvalue weighted by Crippen LogP contribution is 2.79. The Morgan fingerprint density at radius 1 is 0.971 bits per heavy atom. The Morgan fingerprint density at radius 2 is 1.72 bits per heavy atom. The first-order valence-electron chi connectivity index (χ1n) is 23.7. The van der Waals surface area contributed by atoms with Crippen molar-refractivity contribution in [1.82, 2.24) is 10.6 Å². The number of carbonyl (C=O) groups is 7. The second-order valence-electron chi connectivity index (χ2n) is 21.0. The number of Topliss-reactive ketones (excluding diaryl/α,β-unsaturated/α-hetero) is 1. The normalized spacial score (nSPS) is 34.7. The van der Waals surface area contributed by atoms with Gasteiger partial charge >= 0.3 is 12.1 Å². The lowest BCUT2D eigenvalue weighted by atomic mass is 9.33. The summed E-state index contributed by atoms with van der Waals surface area (Å²) in [7, 11) is 0. The molecule has 1 heterocycles. The van der Waals surface area contributed by atoms with Crippen molar-refractivity contribution in [1.29, 1.82) is 0 Å². The molecule has 8 aliphatic rings. The van der Waals surface area contributed by atoms with E-state index in [1.165, 1.54) is 0 Å². The highest BCUT2D eigenvalue weighted by atomic mass is 79.9. The number of carbonyl (C=O) groups excluding carboxylic acids is 6. The summed E-state index contributed by atoms with van der Waals surface area (Å²) in [5.74, 6) is -3.28. The van der Waals surface area contributed by atoms with Gasteiger partial charge in [0.25, 0.3) is 0 Å². The van der Waals surface area contributed by atoms with Crippen molar-refractivity contribution < 1.29 is 63.1 Å². The first-order chi connectivity index (χ1) is 32.8. The van der Waals surface area contributed by atoms with Crippen molar-refractivity contribution in [3.05, 3.63) is 83.5 Å². The van der Waals surface area contributed by atoms with E-state index in [1.807, 2.05) is 24.3 Å². The Balaban J connectivity index is 0.764. The van der Waals surface area contributed by atoms with Gasteiger partial charge in [0.2, 0.25) is 17.7 Å². The number of alkyl halides is 1. The number of carboxylic acids is 1. The Morgan fingerprint density at radius 3 is 2.43 bits per heavy atom. The number of fused-ring (bicyclic) bond motifs is 7. The smallest absolute Gasteiger partial charge is 0.411 e. The van der Waals surface area contributed by atoms with Gasteiger partial charge in [-0.25, -0.2) is 4.79 Å². The third-order valence-electron chi connectivity index (χ3n) is 16.7. The van der Waals surface area contributed by atoms with Crippen molar-refractivity contribution in [2.24, 2.45) is 39.4 Å². The Kier molecular flexibility index (Phi) is 13.1. The van der Waals surface area contributed by atoms with Crippen LogP contribution in [0.2, 0.25) is 0 Å². The van der Waals surface area contributed by atoms with Crippen LogP contribution in [0, 0.1) is 39.4 Å². The number of aliphatic carboxylic acids is 1. The molecule has 368 valence electrons. The number of anilines is 2. The molecule has 2 bridgehead atoms. The van der Waals surface area contributed by atoms with Crippen LogP contribution in [0.4, 0.5) is 16.2 Å². The summed E-state index contributed by atoms with van der Waals surface area (Å²) in [6, 6.07) is 12.9. The quantitative estimate of drug-likeness (QED) is 0.105. The van der Waals surface area contributed by atoms with Crippen molar-refractivity contribution in [3.63, 3.8) is 0 Å². The van der Waals surface area contributed by atoms with E-state index >= 15 is 0 Å². The van der Waals surface area contributed by atoms with Gasteiger partial charge in [-0.15, -0.1) is 0 Å². The number of benzene rings is 2. The predicted molar refractivity (Wildman–Crippen MR) is 251 cm³/mol. The van der Waals surface area contributed by atoms with Crippen LogP contribution in [0.5, 0.6) is 0 Å². The van der Waals surface area contributed by atoms with E-state index in [2.05, 4.69) is 51.0 Å². The van der Waals surface area contributed by atoms with Crippen LogP contribution in [0.25, 0.3) is 0 Å². The fraction of sp³-hybridized carbons (Fsp3) is 0.549. The molecule has 4 amide bonds. The molecule has 7 fully saturated rings. The highest BCUT2D eigenvalue weighted by molar-refractivity contribution is 9.09. The second-order valence-corrected chi connectivity index (χ2v) is 21.5. The average Bonchev–Trinajstić information content (AvgIpc) is 3.79. The predicted octanol–water partition coefficient (Wildman–Crippen LogP) is 4.88. The summed E-state index contributed by atoms with van der Waals surface area (Å²) < 4.78 is 19.3. The largest absolute Gasteiger partial charge is 0.481 e. The fourth-order valence-electron chi connectivity index (χ4n) is 13.9. The van der Waals surface area contributed by atoms with Gasteiger partial charge in [-0.3, -0.25) is 34.1 Å². The maximum atomic E-state index is 14.1. The number of ether oxygens (including phenoxy) is 3. The molecular weight excluding hydrogens is 956 g/mol. The molecule has 6 saturated carbocycles. The molecule has 0 spiro atoms. The third-order valence-corrected chi connectivity index (χ3v) is 17.2. The number of nitrogens with one attached hydrogen (secondary N) is 4. The number of rotatable bonds is 17. The standard InChI is InChI=1S/C51H59BrN4O13/c1-47-15-14-33(58)17-30(47)8-11-34-35-18-39-51(38(60)23-57,48(35,2)20-37(59)43(34)47)69-45(68-39)50-25-49(26-50,27-50)19-29-4-3-5-32(16-29)55-46(66)67-24-28-6-9-31(10-7-28)54-44(65)36(12-13-42(63)64)56-41(62)22-53-40(61)21-52/h3-7,9-10,14-17,34-37,39,43,45,57,59H,8,11-13,18-27H2,1-2H3,(H,53,61)(H,54,65)(H,55,66)(H,56,62)(H,63,64)/t34-,35-,36-,37-,39+,43+,45-,47-,48-,49?,50?,51+/m0/s1. The molecule has 10 rings (SSSR count). The van der Waals surface area contributed by atoms with Gasteiger partial charge in [0.15, 0.2) is 23.5 Å². The molecule has 0 aromatic heterocycles. The Hall–Kier alpha value is -5.27. The summed E-state index contributed by atoms with van der Waals surface area (Å²) in [5, 5.41) is 41.8. The molecule has 17 nitrogen and oxygen atoms in total. The van der Waals surface area contributed by atoms with Crippen molar-refractivity contribution in [2.75, 3.05) is 29.1 Å². The number of allylic oxidation sites excluding steroid dienone is 4. The second kappa shape index (κ2) is 18.5. The van der Waals surface area contributed by atoms with E-state index in [-0.39, 0.29) is 71.5 Å². The topological polar surface area (TPSA) is 256 Å². The lowest BCUT2D eigenvalue weighted by Crippen LogP contribution is -2.69. The van der Waals surface area contributed by atoms with Crippen LogP contribution in [-0.4, -0.2) is 105 Å². The molecule has 18 heteroatoms. The van der Waals surface area contributed by atoms with E-state index < -0.39 is 77.4 Å². The SMILES string of the molecule is C[C@]12C=CC(=O)C=C1CC[C@@H]1[C@@H]2[C@@H](O)C[C@@]2(C)[C@H]1C[C@H]1O[C@H](C34CC(Cc5cccc(NC(=O)OCc6ccc(NC(=O)[C@H](CCC(=O)O)NC(=O)CNC(=O)CBr)cc6)c5)(C3)C4)O[C@]12C(=O)CO. The van der Waals surface area contributed by atoms with Crippen LogP contribution in [0.15, 0.2) is 72.3 Å². The number of amides is 4. The molecule has 0 unspecified atom stereocenters. The first kappa shape index (κ1) is 48.7. The van der Waals surface area contributed by atoms with Crippen molar-refractivity contribution in [2.45, 2.75) is 115 Å². The van der Waals surface area contributed by atoms with Gasteiger partial charge in [-0.1, -0.05) is 65.7 Å². The van der Waals surface area contributed by atoms with Gasteiger partial charge in [0, 0.05) is 40.0 Å². The molecule has 7 N–H and O–H groups in total. The van der Waals surface area contributed by atoms with Gasteiger partial charge in [-0.2, -0.15) is 0 Å². The maximum Gasteiger partial charge on any atom is 0.411 e. The van der Waals surface area contributed by atoms with Crippen LogP contribution >= 0.6 is 15.9 Å². The average molecular weight is 1020 g/mol. The van der Waals surface area contributed by atoms with Crippen molar-refractivity contribution >= 4 is 68.7 Å². The van der Waals surface area contributed by atoms with E-state index in [0.29, 0.717) is 29.8 Å². The van der Waals surface area contributed by atoms with Gasteiger partial charge in [0.05, 0.1) is 24.1 Å². The number of halogens is 1. The van der Waals surface area contributed by atoms with Gasteiger partial charge in [0.1, 0.15) is 19.3 Å². The molecular formula is C51H59BrN4O13. The molecule has 2 aromatic carbocycles. The molecule has 1 aliphatic heterocycles. The number of hydrogen-bond acceptors (Lipinski definition) is 12. The fourth-order valence-corrected chi connectivity index (χ4v) is 14.1. The minimum absolute atomic E-state index is 0.00952. The molecule has 69 heavy (non-hydrogen) atoms. The minimum Gasteiger partial charge on any atom is -0.481 e. The van der Waals surface area contributed by atoms with Crippen molar-refractivity contribution in [3.8, 4) is 0 Å². The number of aliphatic hydroxyl groups is 2. The summed E-state index contributed by atoms with van der Waals surface area (Å²) in [6.07, 6.45) is 7.99. The van der Waals surface area contributed by atoms with E-state index in [9.17, 15) is 43.8 Å². The molecule has 10 atom stereocenters. The zero-order valence-corrected chi connectivity index (χ0v) is 40.2. The first-order valence-corrected chi connectivity index (χ1v) is 24.8. The number of carboxylic acid groups (broad SMARTS) is 1. The molecule has 2 aromatic rings.